The number of nitrogens with one attached hydrogen (secondary N) is 2. The van der Waals surface area contributed by atoms with E-state index in [0.717, 1.165) is 37.6 Å². The van der Waals surface area contributed by atoms with Gasteiger partial charge in [-0.15, -0.1) is 24.0 Å². The van der Waals surface area contributed by atoms with Gasteiger partial charge in [0.15, 0.2) is 5.96 Å². The molecule has 2 heterocycles. The van der Waals surface area contributed by atoms with Crippen molar-refractivity contribution in [3.8, 4) is 11.5 Å². The first kappa shape index (κ1) is 24.2. The third-order valence-electron chi connectivity index (χ3n) is 4.83. The summed E-state index contributed by atoms with van der Waals surface area (Å²) >= 11 is 0. The van der Waals surface area contributed by atoms with Gasteiger partial charge in [-0.05, 0) is 38.0 Å². The summed E-state index contributed by atoms with van der Waals surface area (Å²) in [5.41, 5.74) is 0.696. The quantitative estimate of drug-likeness (QED) is 0.285. The van der Waals surface area contributed by atoms with Gasteiger partial charge in [-0.1, -0.05) is 0 Å². The molecule has 3 rings (SSSR count). The van der Waals surface area contributed by atoms with Crippen LogP contribution in [-0.4, -0.2) is 59.2 Å². The number of benzene rings is 1. The summed E-state index contributed by atoms with van der Waals surface area (Å²) in [6.45, 7) is 5.62. The van der Waals surface area contributed by atoms with Crippen LogP contribution < -0.4 is 20.1 Å². The SMILES string of the molecule is CCNC(=NCC(O)c1cc(OC)cc(OC)c1)NC1CCc2nc(C)nn2C1.I. The maximum absolute atomic E-state index is 10.6. The highest BCUT2D eigenvalue weighted by molar-refractivity contribution is 14.0. The number of aliphatic imine (C=N–C) groups is 1. The van der Waals surface area contributed by atoms with E-state index in [0.29, 0.717) is 23.0 Å². The largest absolute Gasteiger partial charge is 0.497 e. The minimum atomic E-state index is -0.773. The lowest BCUT2D eigenvalue weighted by Crippen LogP contribution is -2.47. The van der Waals surface area contributed by atoms with Crippen LogP contribution in [-0.2, 0) is 13.0 Å². The zero-order chi connectivity index (χ0) is 20.8. The monoisotopic (exact) mass is 530 g/mol. The van der Waals surface area contributed by atoms with Crippen LogP contribution in [0.3, 0.4) is 0 Å². The predicted molar refractivity (Wildman–Crippen MR) is 126 cm³/mol. The summed E-state index contributed by atoms with van der Waals surface area (Å²) in [5.74, 6) is 3.77. The second-order valence-corrected chi connectivity index (χ2v) is 7.02. The number of aliphatic hydroxyl groups is 1. The molecule has 2 unspecified atom stereocenters. The molecule has 30 heavy (non-hydrogen) atoms. The van der Waals surface area contributed by atoms with E-state index in [1.54, 1.807) is 32.4 Å². The summed E-state index contributed by atoms with van der Waals surface area (Å²) in [4.78, 5) is 9.02. The lowest BCUT2D eigenvalue weighted by molar-refractivity contribution is 0.186. The number of hydrogen-bond donors (Lipinski definition) is 3. The molecule has 2 aromatic rings. The maximum atomic E-state index is 10.6. The molecule has 1 aromatic heterocycles. The van der Waals surface area contributed by atoms with E-state index in [1.807, 2.05) is 18.5 Å². The average molecular weight is 530 g/mol. The number of methoxy groups -OCH3 is 2. The Morgan fingerprint density at radius 1 is 1.30 bits per heavy atom. The number of aromatic nitrogens is 3. The maximum Gasteiger partial charge on any atom is 0.191 e. The highest BCUT2D eigenvalue weighted by Crippen LogP contribution is 2.26. The number of halogens is 1. The van der Waals surface area contributed by atoms with Gasteiger partial charge in [-0.2, -0.15) is 5.10 Å². The van der Waals surface area contributed by atoms with Crippen molar-refractivity contribution < 1.29 is 14.6 Å². The molecule has 10 heteroatoms. The Balaban J connectivity index is 0.00000320. The summed E-state index contributed by atoms with van der Waals surface area (Å²) < 4.78 is 12.5. The van der Waals surface area contributed by atoms with Crippen LogP contribution in [0.15, 0.2) is 23.2 Å². The van der Waals surface area contributed by atoms with Gasteiger partial charge < -0.3 is 25.2 Å². The molecule has 3 N–H and O–H groups in total. The molecular weight excluding hydrogens is 499 g/mol. The van der Waals surface area contributed by atoms with Crippen molar-refractivity contribution in [2.24, 2.45) is 4.99 Å². The Morgan fingerprint density at radius 3 is 2.63 bits per heavy atom. The lowest BCUT2D eigenvalue weighted by atomic mass is 10.1. The average Bonchev–Trinajstić information content (AvgIpc) is 3.10. The standard InChI is InChI=1S/C20H30N6O3.HI/c1-5-21-20(24-15-6-7-19-23-13(2)25-26(19)12-15)22-11-18(27)14-8-16(28-3)10-17(9-14)29-4;/h8-10,15,18,27H,5-7,11-12H2,1-4H3,(H2,21,22,24);1H. The van der Waals surface area contributed by atoms with Crippen LogP contribution in [0.1, 0.15) is 36.7 Å². The van der Waals surface area contributed by atoms with Gasteiger partial charge in [-0.3, -0.25) is 4.99 Å². The van der Waals surface area contributed by atoms with E-state index in [-0.39, 0.29) is 36.6 Å². The van der Waals surface area contributed by atoms with E-state index < -0.39 is 6.10 Å². The molecule has 0 aliphatic carbocycles. The Bertz CT molecular complexity index is 835. The molecule has 0 amide bonds. The molecule has 0 saturated carbocycles. The number of guanidine groups is 1. The van der Waals surface area contributed by atoms with Crippen molar-refractivity contribution >= 4 is 29.9 Å². The smallest absolute Gasteiger partial charge is 0.191 e. The van der Waals surface area contributed by atoms with Gasteiger partial charge in [0.1, 0.15) is 23.1 Å². The number of aryl methyl sites for hydroxylation is 2. The van der Waals surface area contributed by atoms with Gasteiger partial charge in [0.25, 0.3) is 0 Å². The Morgan fingerprint density at radius 2 is 2.00 bits per heavy atom. The topological polar surface area (TPSA) is 106 Å². The minimum Gasteiger partial charge on any atom is -0.497 e. The molecule has 0 saturated heterocycles. The van der Waals surface area contributed by atoms with Crippen LogP contribution in [0, 0.1) is 6.92 Å². The molecule has 9 nitrogen and oxygen atoms in total. The molecule has 0 fully saturated rings. The number of hydrogen-bond acceptors (Lipinski definition) is 6. The number of nitrogens with zero attached hydrogens (tertiary/aromatic N) is 4. The molecule has 2 atom stereocenters. The van der Waals surface area contributed by atoms with Gasteiger partial charge in [0.2, 0.25) is 0 Å². The summed E-state index contributed by atoms with van der Waals surface area (Å²) in [5, 5.41) is 21.8. The fourth-order valence-electron chi connectivity index (χ4n) is 3.37. The van der Waals surface area contributed by atoms with Crippen molar-refractivity contribution in [3.05, 3.63) is 35.4 Å². The molecule has 1 aliphatic rings. The van der Waals surface area contributed by atoms with E-state index in [4.69, 9.17) is 9.47 Å². The Hall–Kier alpha value is -2.08. The van der Waals surface area contributed by atoms with Crippen molar-refractivity contribution in [2.45, 2.75) is 45.4 Å². The molecule has 0 spiro atoms. The normalized spacial score (nSPS) is 16.8. The fourth-order valence-corrected chi connectivity index (χ4v) is 3.37. The van der Waals surface area contributed by atoms with Gasteiger partial charge >= 0.3 is 0 Å². The Labute approximate surface area is 194 Å². The predicted octanol–water partition coefficient (Wildman–Crippen LogP) is 1.83. The van der Waals surface area contributed by atoms with Gasteiger partial charge in [0, 0.05) is 25.1 Å². The molecular formula is C20H31IN6O3. The third kappa shape index (κ3) is 6.21. The number of fused-ring (bicyclic) bond motifs is 1. The van der Waals surface area contributed by atoms with Crippen LogP contribution in [0.5, 0.6) is 11.5 Å². The molecule has 166 valence electrons. The highest BCUT2D eigenvalue weighted by atomic mass is 127. The first-order valence-corrected chi connectivity index (χ1v) is 9.88. The second-order valence-electron chi connectivity index (χ2n) is 7.02. The second kappa shape index (κ2) is 11.3. The minimum absolute atomic E-state index is 0. The zero-order valence-electron chi connectivity index (χ0n) is 17.9. The van der Waals surface area contributed by atoms with Gasteiger partial charge in [0.05, 0.1) is 33.4 Å². The fraction of sp³-hybridized carbons (Fsp3) is 0.550. The summed E-state index contributed by atoms with van der Waals surface area (Å²) in [7, 11) is 3.17. The zero-order valence-corrected chi connectivity index (χ0v) is 20.2. The highest BCUT2D eigenvalue weighted by Gasteiger charge is 2.21. The first-order valence-electron chi connectivity index (χ1n) is 9.88. The number of ether oxygens (including phenoxy) is 2. The Kier molecular flexibility index (Phi) is 9.15. The van der Waals surface area contributed by atoms with Crippen molar-refractivity contribution in [3.63, 3.8) is 0 Å². The van der Waals surface area contributed by atoms with Crippen molar-refractivity contribution in [1.82, 2.24) is 25.4 Å². The first-order chi connectivity index (χ1) is 14.0. The van der Waals surface area contributed by atoms with E-state index in [2.05, 4.69) is 25.7 Å². The number of rotatable bonds is 7. The van der Waals surface area contributed by atoms with E-state index >= 15 is 0 Å². The van der Waals surface area contributed by atoms with Crippen LogP contribution >= 0.6 is 24.0 Å². The molecule has 0 bridgehead atoms. The van der Waals surface area contributed by atoms with Crippen LogP contribution in [0.4, 0.5) is 0 Å². The number of aliphatic hydroxyl groups excluding tert-OH is 1. The van der Waals surface area contributed by atoms with Crippen molar-refractivity contribution in [2.75, 3.05) is 27.3 Å². The van der Waals surface area contributed by atoms with Crippen molar-refractivity contribution in [1.29, 1.82) is 0 Å². The van der Waals surface area contributed by atoms with Gasteiger partial charge in [-0.25, -0.2) is 9.67 Å². The third-order valence-corrected chi connectivity index (χ3v) is 4.83. The summed E-state index contributed by atoms with van der Waals surface area (Å²) in [6.07, 6.45) is 1.06. The molecule has 0 radical (unpaired) electrons. The van der Waals surface area contributed by atoms with Crippen LogP contribution in [0.2, 0.25) is 0 Å². The van der Waals surface area contributed by atoms with E-state index in [9.17, 15) is 5.11 Å². The molecule has 1 aliphatic heterocycles. The summed E-state index contributed by atoms with van der Waals surface area (Å²) in [6, 6.07) is 5.56. The van der Waals surface area contributed by atoms with E-state index in [1.165, 1.54) is 0 Å². The van der Waals surface area contributed by atoms with Crippen LogP contribution in [0.25, 0.3) is 0 Å². The molecule has 1 aromatic carbocycles. The lowest BCUT2D eigenvalue weighted by Gasteiger charge is -2.25.